The second-order valence-electron chi connectivity index (χ2n) is 7.30. The molecule has 1 heterocycles. The lowest BCUT2D eigenvalue weighted by Gasteiger charge is -2.37. The van der Waals surface area contributed by atoms with E-state index in [1.807, 2.05) is 13.0 Å². The predicted octanol–water partition coefficient (Wildman–Crippen LogP) is 3.57. The lowest BCUT2D eigenvalue weighted by molar-refractivity contribution is -0.144. The van der Waals surface area contributed by atoms with Crippen molar-refractivity contribution in [3.63, 3.8) is 0 Å². The van der Waals surface area contributed by atoms with Crippen molar-refractivity contribution in [2.24, 2.45) is 5.92 Å². The van der Waals surface area contributed by atoms with Crippen LogP contribution < -0.4 is 0 Å². The first-order chi connectivity index (χ1) is 14.3. The summed E-state index contributed by atoms with van der Waals surface area (Å²) in [5.41, 5.74) is 1.84. The number of rotatable bonds is 6. The third-order valence-corrected chi connectivity index (χ3v) is 6.93. The molecule has 30 heavy (non-hydrogen) atoms. The highest BCUT2D eigenvalue weighted by atomic mass is 32.2. The molecule has 0 fully saturated rings. The molecule has 0 unspecified atom stereocenters. The van der Waals surface area contributed by atoms with E-state index in [1.165, 1.54) is 12.1 Å². The van der Waals surface area contributed by atoms with Gasteiger partial charge in [0.25, 0.3) is 15.9 Å². The van der Waals surface area contributed by atoms with Crippen LogP contribution in [0.4, 0.5) is 0 Å². The standard InChI is InChI=1S/C23H25NO5S/c1-4-29-22(25)15-21-17(3)14-20(18-8-6-5-7-9-18)23(26)24(21)30(27,28)19-12-10-16(2)11-13-19/h5-14,17,21H,4,15H2,1-3H3/t17-,21+/m0/s1. The van der Waals surface area contributed by atoms with Crippen LogP contribution in [0, 0.1) is 12.8 Å². The van der Waals surface area contributed by atoms with Crippen LogP contribution >= 0.6 is 0 Å². The smallest absolute Gasteiger partial charge is 0.307 e. The Morgan fingerprint density at radius 3 is 2.30 bits per heavy atom. The molecule has 1 aliphatic heterocycles. The number of hydrogen-bond acceptors (Lipinski definition) is 5. The molecule has 158 valence electrons. The Hall–Kier alpha value is -2.93. The van der Waals surface area contributed by atoms with Crippen molar-refractivity contribution in [3.8, 4) is 0 Å². The molecule has 0 aliphatic carbocycles. The maximum absolute atomic E-state index is 13.5. The number of nitrogens with zero attached hydrogens (tertiary/aromatic N) is 1. The highest BCUT2D eigenvalue weighted by molar-refractivity contribution is 7.89. The predicted molar refractivity (Wildman–Crippen MR) is 114 cm³/mol. The molecule has 0 N–H and O–H groups in total. The molecule has 2 aromatic carbocycles. The summed E-state index contributed by atoms with van der Waals surface area (Å²) in [5.74, 6) is -1.56. The maximum atomic E-state index is 13.5. The van der Waals surface area contributed by atoms with E-state index in [4.69, 9.17) is 4.74 Å². The van der Waals surface area contributed by atoms with Crippen molar-refractivity contribution >= 4 is 27.5 Å². The lowest BCUT2D eigenvalue weighted by Crippen LogP contribution is -2.51. The molecule has 0 saturated heterocycles. The molecule has 0 spiro atoms. The van der Waals surface area contributed by atoms with Gasteiger partial charge in [-0.05, 0) is 37.5 Å². The Kier molecular flexibility index (Phi) is 6.41. The Bertz CT molecular complexity index is 1060. The van der Waals surface area contributed by atoms with Gasteiger partial charge in [0.05, 0.1) is 24.0 Å². The molecule has 0 saturated carbocycles. The Balaban J connectivity index is 2.10. The van der Waals surface area contributed by atoms with Crippen molar-refractivity contribution in [1.82, 2.24) is 4.31 Å². The molecule has 0 radical (unpaired) electrons. The first kappa shape index (κ1) is 21.8. The minimum Gasteiger partial charge on any atom is -0.466 e. The monoisotopic (exact) mass is 427 g/mol. The largest absolute Gasteiger partial charge is 0.466 e. The van der Waals surface area contributed by atoms with Crippen molar-refractivity contribution in [3.05, 3.63) is 71.8 Å². The van der Waals surface area contributed by atoms with Gasteiger partial charge in [-0.3, -0.25) is 9.59 Å². The fraction of sp³-hybridized carbons (Fsp3) is 0.304. The quantitative estimate of drug-likeness (QED) is 0.659. The van der Waals surface area contributed by atoms with Gasteiger partial charge in [0.2, 0.25) is 0 Å². The van der Waals surface area contributed by atoms with Gasteiger partial charge in [-0.15, -0.1) is 0 Å². The number of aryl methyl sites for hydroxylation is 1. The van der Waals surface area contributed by atoms with Crippen molar-refractivity contribution in [1.29, 1.82) is 0 Å². The molecule has 2 atom stereocenters. The number of ether oxygens (including phenoxy) is 1. The number of hydrogen-bond donors (Lipinski definition) is 0. The number of benzene rings is 2. The van der Waals surface area contributed by atoms with Crippen LogP contribution in [0.3, 0.4) is 0 Å². The second kappa shape index (κ2) is 8.83. The van der Waals surface area contributed by atoms with Gasteiger partial charge in [-0.2, -0.15) is 0 Å². The molecule has 1 amide bonds. The Labute approximate surface area is 177 Å². The summed E-state index contributed by atoms with van der Waals surface area (Å²) in [4.78, 5) is 25.6. The minimum absolute atomic E-state index is 0.0109. The molecule has 3 rings (SSSR count). The van der Waals surface area contributed by atoms with Crippen LogP contribution in [0.2, 0.25) is 0 Å². The molecular weight excluding hydrogens is 402 g/mol. The molecule has 7 heteroatoms. The van der Waals surface area contributed by atoms with E-state index >= 15 is 0 Å². The highest BCUT2D eigenvalue weighted by Crippen LogP contribution is 2.35. The fourth-order valence-corrected chi connectivity index (χ4v) is 5.18. The summed E-state index contributed by atoms with van der Waals surface area (Å²) < 4.78 is 32.9. The highest BCUT2D eigenvalue weighted by Gasteiger charge is 2.43. The summed E-state index contributed by atoms with van der Waals surface area (Å²) in [6.07, 6.45) is 1.53. The normalized spacial score (nSPS) is 19.4. The fourth-order valence-electron chi connectivity index (χ4n) is 3.54. The number of sulfonamides is 1. The topological polar surface area (TPSA) is 80.8 Å². The van der Waals surface area contributed by atoms with Crippen LogP contribution in [0.5, 0.6) is 0 Å². The van der Waals surface area contributed by atoms with Gasteiger partial charge in [0.15, 0.2) is 0 Å². The summed E-state index contributed by atoms with van der Waals surface area (Å²) in [7, 11) is -4.18. The molecule has 2 aromatic rings. The molecular formula is C23H25NO5S. The van der Waals surface area contributed by atoms with Crippen molar-refractivity contribution in [2.45, 2.75) is 38.1 Å². The molecule has 1 aliphatic rings. The van der Waals surface area contributed by atoms with Gasteiger partial charge < -0.3 is 4.74 Å². The van der Waals surface area contributed by atoms with E-state index in [2.05, 4.69) is 0 Å². The average Bonchev–Trinajstić information content (AvgIpc) is 2.71. The zero-order valence-corrected chi connectivity index (χ0v) is 18.1. The Morgan fingerprint density at radius 1 is 1.07 bits per heavy atom. The minimum atomic E-state index is -4.18. The Morgan fingerprint density at radius 2 is 1.70 bits per heavy atom. The zero-order chi connectivity index (χ0) is 21.9. The SMILES string of the molecule is CCOC(=O)C[C@@H]1[C@@H](C)C=C(c2ccccc2)C(=O)N1S(=O)(=O)c1ccc(C)cc1. The lowest BCUT2D eigenvalue weighted by atomic mass is 9.89. The van der Waals surface area contributed by atoms with Crippen LogP contribution in [-0.4, -0.2) is 37.2 Å². The van der Waals surface area contributed by atoms with Crippen LogP contribution in [0.25, 0.3) is 5.57 Å². The summed E-state index contributed by atoms with van der Waals surface area (Å²) in [5, 5.41) is 0. The molecule has 0 bridgehead atoms. The first-order valence-corrected chi connectivity index (χ1v) is 11.3. The molecule has 6 nitrogen and oxygen atoms in total. The number of carbonyl (C=O) groups excluding carboxylic acids is 2. The van der Waals surface area contributed by atoms with Crippen molar-refractivity contribution < 1.29 is 22.7 Å². The second-order valence-corrected chi connectivity index (χ2v) is 9.12. The summed E-state index contributed by atoms with van der Waals surface area (Å²) in [6.45, 7) is 5.52. The number of amides is 1. The third kappa shape index (κ3) is 4.31. The van der Waals surface area contributed by atoms with Crippen LogP contribution in [0.15, 0.2) is 65.6 Å². The van der Waals surface area contributed by atoms with Crippen LogP contribution in [0.1, 0.15) is 31.4 Å². The van der Waals surface area contributed by atoms with E-state index in [-0.39, 0.29) is 23.8 Å². The number of esters is 1. The van der Waals surface area contributed by atoms with Crippen molar-refractivity contribution in [2.75, 3.05) is 6.61 Å². The van der Waals surface area contributed by atoms with E-state index in [1.54, 1.807) is 56.3 Å². The average molecular weight is 428 g/mol. The van der Waals surface area contributed by atoms with Crippen LogP contribution in [-0.2, 0) is 24.3 Å². The number of carbonyl (C=O) groups is 2. The molecule has 0 aromatic heterocycles. The van der Waals surface area contributed by atoms with Gasteiger partial charge in [0, 0.05) is 5.57 Å². The maximum Gasteiger partial charge on any atom is 0.307 e. The third-order valence-electron chi connectivity index (χ3n) is 5.11. The zero-order valence-electron chi connectivity index (χ0n) is 17.2. The van der Waals surface area contributed by atoms with E-state index in [9.17, 15) is 18.0 Å². The van der Waals surface area contributed by atoms with Gasteiger partial charge in [-0.1, -0.05) is 61.0 Å². The summed E-state index contributed by atoms with van der Waals surface area (Å²) >= 11 is 0. The van der Waals surface area contributed by atoms with E-state index in [0.29, 0.717) is 11.1 Å². The van der Waals surface area contributed by atoms with Gasteiger partial charge in [0.1, 0.15) is 0 Å². The van der Waals surface area contributed by atoms with Gasteiger partial charge in [-0.25, -0.2) is 12.7 Å². The summed E-state index contributed by atoms with van der Waals surface area (Å²) in [6, 6.07) is 14.4. The van der Waals surface area contributed by atoms with E-state index < -0.39 is 27.9 Å². The van der Waals surface area contributed by atoms with E-state index in [0.717, 1.165) is 9.87 Å². The van der Waals surface area contributed by atoms with Gasteiger partial charge >= 0.3 is 5.97 Å². The first-order valence-electron chi connectivity index (χ1n) is 9.84.